The summed E-state index contributed by atoms with van der Waals surface area (Å²) >= 11 is 6.32. The molecule has 2 N–H and O–H groups in total. The van der Waals surface area contributed by atoms with Crippen LogP contribution in [0.2, 0.25) is 5.02 Å². The van der Waals surface area contributed by atoms with Gasteiger partial charge < -0.3 is 24.7 Å². The number of rotatable bonds is 9. The molecular formula is C20H23ClN4O3. The molecule has 3 rings (SSSR count). The van der Waals surface area contributed by atoms with Gasteiger partial charge in [0.2, 0.25) is 0 Å². The highest BCUT2D eigenvalue weighted by atomic mass is 35.5. The molecule has 0 aliphatic rings. The van der Waals surface area contributed by atoms with Crippen LogP contribution in [-0.4, -0.2) is 47.7 Å². The molecule has 0 aliphatic heterocycles. The van der Waals surface area contributed by atoms with Crippen LogP contribution >= 0.6 is 11.6 Å². The molecule has 1 aromatic heterocycles. The zero-order valence-corrected chi connectivity index (χ0v) is 16.6. The summed E-state index contributed by atoms with van der Waals surface area (Å²) in [5.74, 6) is 0.214. The number of hydrogen-bond acceptors (Lipinski definition) is 5. The molecule has 0 spiro atoms. The number of ether oxygens (including phenoxy) is 2. The van der Waals surface area contributed by atoms with E-state index in [4.69, 9.17) is 26.8 Å². The Morgan fingerprint density at radius 3 is 2.86 bits per heavy atom. The molecule has 1 heterocycles. The van der Waals surface area contributed by atoms with Crippen LogP contribution in [0, 0.1) is 0 Å². The lowest BCUT2D eigenvalue weighted by Gasteiger charge is -2.19. The number of imidazole rings is 1. The normalized spacial score (nSPS) is 11.1. The summed E-state index contributed by atoms with van der Waals surface area (Å²) in [6, 6.07) is 11.7. The number of halogens is 1. The van der Waals surface area contributed by atoms with E-state index >= 15 is 0 Å². The minimum absolute atomic E-state index is 0.256. The standard InChI is InChI=1S/C20H23ClN4O3/c1-24(7-8-25-13-23-16-5-3-4-6-17(16)25)11-14-9-15(21)20(18(10-14)27-2)28-12-19(22)26/h3-6,9-10,13H,7-8,11-12H2,1-2H3,(H2,22,26). The average Bonchev–Trinajstić information content (AvgIpc) is 3.08. The maximum absolute atomic E-state index is 10.9. The Balaban J connectivity index is 1.65. The number of likely N-dealkylation sites (N-methyl/N-ethyl adjacent to an activating group) is 1. The van der Waals surface area contributed by atoms with Gasteiger partial charge >= 0.3 is 0 Å². The van der Waals surface area contributed by atoms with E-state index in [1.54, 1.807) is 0 Å². The summed E-state index contributed by atoms with van der Waals surface area (Å²) in [6.07, 6.45) is 1.86. The van der Waals surface area contributed by atoms with Gasteiger partial charge in [-0.1, -0.05) is 23.7 Å². The highest BCUT2D eigenvalue weighted by molar-refractivity contribution is 6.32. The molecule has 0 bridgehead atoms. The van der Waals surface area contributed by atoms with E-state index < -0.39 is 5.91 Å². The lowest BCUT2D eigenvalue weighted by atomic mass is 10.2. The Bertz CT molecular complexity index is 973. The largest absolute Gasteiger partial charge is 0.493 e. The third-order valence-corrected chi connectivity index (χ3v) is 4.63. The number of nitrogens with zero attached hydrogens (tertiary/aromatic N) is 3. The number of nitrogens with two attached hydrogens (primary N) is 1. The summed E-state index contributed by atoms with van der Waals surface area (Å²) in [5, 5.41) is 0.379. The Labute approximate surface area is 168 Å². The second-order valence-corrected chi connectivity index (χ2v) is 6.94. The fourth-order valence-corrected chi connectivity index (χ4v) is 3.29. The topological polar surface area (TPSA) is 82.6 Å². The van der Waals surface area contributed by atoms with Crippen molar-refractivity contribution in [3.05, 3.63) is 53.3 Å². The van der Waals surface area contributed by atoms with Gasteiger partial charge in [0.15, 0.2) is 18.1 Å². The van der Waals surface area contributed by atoms with Gasteiger partial charge in [-0.25, -0.2) is 4.98 Å². The van der Waals surface area contributed by atoms with Crippen LogP contribution < -0.4 is 15.2 Å². The summed E-state index contributed by atoms with van der Waals surface area (Å²) in [4.78, 5) is 17.5. The van der Waals surface area contributed by atoms with Gasteiger partial charge in [0.05, 0.1) is 29.5 Å². The van der Waals surface area contributed by atoms with Crippen molar-refractivity contribution >= 4 is 28.5 Å². The Kier molecular flexibility index (Phi) is 6.38. The molecule has 0 fully saturated rings. The second-order valence-electron chi connectivity index (χ2n) is 6.53. The van der Waals surface area contributed by atoms with Crippen LogP contribution in [0.4, 0.5) is 0 Å². The molecule has 8 heteroatoms. The number of primary amides is 1. The van der Waals surface area contributed by atoms with Crippen LogP contribution in [0.3, 0.4) is 0 Å². The first-order valence-corrected chi connectivity index (χ1v) is 9.21. The number of carbonyl (C=O) groups excluding carboxylic acids is 1. The minimum atomic E-state index is -0.575. The number of aromatic nitrogens is 2. The summed E-state index contributed by atoms with van der Waals surface area (Å²) in [6.45, 7) is 2.08. The third-order valence-electron chi connectivity index (χ3n) is 4.35. The van der Waals surface area contributed by atoms with Crippen LogP contribution in [0.1, 0.15) is 5.56 Å². The molecule has 0 saturated carbocycles. The number of fused-ring (bicyclic) bond motifs is 1. The van der Waals surface area contributed by atoms with Crippen molar-refractivity contribution in [2.24, 2.45) is 5.73 Å². The van der Waals surface area contributed by atoms with Crippen LogP contribution in [0.15, 0.2) is 42.7 Å². The Morgan fingerprint density at radius 2 is 2.11 bits per heavy atom. The van der Waals surface area contributed by atoms with Crippen LogP contribution in [0.25, 0.3) is 11.0 Å². The van der Waals surface area contributed by atoms with Gasteiger partial charge in [-0.3, -0.25) is 4.79 Å². The molecule has 0 radical (unpaired) electrons. The first-order chi connectivity index (χ1) is 13.5. The van der Waals surface area contributed by atoms with Crippen LogP contribution in [0.5, 0.6) is 11.5 Å². The number of benzene rings is 2. The molecule has 7 nitrogen and oxygen atoms in total. The smallest absolute Gasteiger partial charge is 0.255 e. The summed E-state index contributed by atoms with van der Waals surface area (Å²) in [5.41, 5.74) is 8.22. The van der Waals surface area contributed by atoms with E-state index in [2.05, 4.69) is 20.5 Å². The van der Waals surface area contributed by atoms with Gasteiger partial charge in [-0.15, -0.1) is 0 Å². The lowest BCUT2D eigenvalue weighted by Crippen LogP contribution is -2.23. The van der Waals surface area contributed by atoms with Crippen molar-refractivity contribution < 1.29 is 14.3 Å². The maximum Gasteiger partial charge on any atom is 0.255 e. The van der Waals surface area contributed by atoms with Gasteiger partial charge in [0, 0.05) is 19.6 Å². The van der Waals surface area contributed by atoms with E-state index in [1.165, 1.54) is 7.11 Å². The molecule has 28 heavy (non-hydrogen) atoms. The number of carbonyl (C=O) groups is 1. The van der Waals surface area contributed by atoms with Crippen molar-refractivity contribution in [2.45, 2.75) is 13.1 Å². The molecule has 0 saturated heterocycles. The molecular weight excluding hydrogens is 380 g/mol. The third kappa shape index (κ3) is 4.74. The number of para-hydroxylation sites is 2. The van der Waals surface area contributed by atoms with Crippen molar-refractivity contribution in [1.82, 2.24) is 14.5 Å². The zero-order valence-electron chi connectivity index (χ0n) is 15.9. The highest BCUT2D eigenvalue weighted by Gasteiger charge is 2.14. The van der Waals surface area contributed by atoms with Crippen molar-refractivity contribution in [1.29, 1.82) is 0 Å². The Morgan fingerprint density at radius 1 is 1.32 bits per heavy atom. The summed E-state index contributed by atoms with van der Waals surface area (Å²) < 4.78 is 12.9. The number of hydrogen-bond donors (Lipinski definition) is 1. The predicted octanol–water partition coefficient (Wildman–Crippen LogP) is 2.69. The zero-order chi connectivity index (χ0) is 20.1. The molecule has 0 aliphatic carbocycles. The quantitative estimate of drug-likeness (QED) is 0.595. The first kappa shape index (κ1) is 20.0. The van der Waals surface area contributed by atoms with E-state index in [0.717, 1.165) is 29.7 Å². The van der Waals surface area contributed by atoms with Crippen LogP contribution in [-0.2, 0) is 17.9 Å². The van der Waals surface area contributed by atoms with Gasteiger partial charge in [-0.05, 0) is 36.9 Å². The van der Waals surface area contributed by atoms with Crippen molar-refractivity contribution in [3.8, 4) is 11.5 Å². The first-order valence-electron chi connectivity index (χ1n) is 8.84. The van der Waals surface area contributed by atoms with Gasteiger partial charge in [0.25, 0.3) is 5.91 Å². The van der Waals surface area contributed by atoms with E-state index in [0.29, 0.717) is 23.1 Å². The maximum atomic E-state index is 10.9. The monoisotopic (exact) mass is 402 g/mol. The van der Waals surface area contributed by atoms with Gasteiger partial charge in [-0.2, -0.15) is 0 Å². The molecule has 148 valence electrons. The van der Waals surface area contributed by atoms with E-state index in [-0.39, 0.29) is 6.61 Å². The predicted molar refractivity (Wildman–Crippen MR) is 109 cm³/mol. The molecule has 0 unspecified atom stereocenters. The molecule has 1 amide bonds. The van der Waals surface area contributed by atoms with Crippen molar-refractivity contribution in [2.75, 3.05) is 27.3 Å². The fraction of sp³-hybridized carbons (Fsp3) is 0.300. The summed E-state index contributed by atoms with van der Waals surface area (Å²) in [7, 11) is 3.57. The number of methoxy groups -OCH3 is 1. The average molecular weight is 403 g/mol. The molecule has 2 aromatic carbocycles. The SMILES string of the molecule is COc1cc(CN(C)CCn2cnc3ccccc32)cc(Cl)c1OCC(N)=O. The molecule has 3 aromatic rings. The molecule has 0 atom stereocenters. The van der Waals surface area contributed by atoms with Crippen molar-refractivity contribution in [3.63, 3.8) is 0 Å². The second kappa shape index (κ2) is 8.95. The lowest BCUT2D eigenvalue weighted by molar-refractivity contribution is -0.119. The minimum Gasteiger partial charge on any atom is -0.493 e. The van der Waals surface area contributed by atoms with E-state index in [1.807, 2.05) is 43.7 Å². The number of amides is 1. The Hall–Kier alpha value is -2.77. The fourth-order valence-electron chi connectivity index (χ4n) is 3.01. The van der Waals surface area contributed by atoms with E-state index in [9.17, 15) is 4.79 Å². The highest BCUT2D eigenvalue weighted by Crippen LogP contribution is 2.36. The van der Waals surface area contributed by atoms with Gasteiger partial charge in [0.1, 0.15) is 0 Å².